The predicted octanol–water partition coefficient (Wildman–Crippen LogP) is 1.83. The molecule has 0 fully saturated rings. The monoisotopic (exact) mass is 161 g/mol. The summed E-state index contributed by atoms with van der Waals surface area (Å²) in [6.45, 7) is 4.05. The van der Waals surface area contributed by atoms with Gasteiger partial charge in [-0.2, -0.15) is 0 Å². The Labute approximate surface area is 70.9 Å². The van der Waals surface area contributed by atoms with E-state index in [0.29, 0.717) is 0 Å². The number of rotatable bonds is 1. The molecule has 0 unspecified atom stereocenters. The lowest BCUT2D eigenvalue weighted by Gasteiger charge is -1.89. The molecule has 0 amide bonds. The molecule has 62 valence electrons. The lowest BCUT2D eigenvalue weighted by Crippen LogP contribution is -1.84. The van der Waals surface area contributed by atoms with Gasteiger partial charge in [-0.3, -0.25) is 4.98 Å². The largest absolute Gasteiger partial charge is 0.342 e. The molecule has 0 saturated heterocycles. The van der Waals surface area contributed by atoms with Gasteiger partial charge in [0.2, 0.25) is 0 Å². The highest BCUT2D eigenvalue weighted by Gasteiger charge is 2.00. The summed E-state index contributed by atoms with van der Waals surface area (Å²) >= 11 is 0. The third-order valence-electron chi connectivity index (χ3n) is 1.89. The Bertz CT molecular complexity index is 403. The van der Waals surface area contributed by atoms with Crippen molar-refractivity contribution in [2.45, 2.75) is 20.3 Å². The molecule has 12 heavy (non-hydrogen) atoms. The van der Waals surface area contributed by atoms with Gasteiger partial charge in [-0.05, 0) is 19.4 Å². The molecular weight excluding hydrogens is 150 g/mol. The van der Waals surface area contributed by atoms with Crippen LogP contribution in [-0.2, 0) is 6.42 Å². The molecule has 0 spiro atoms. The number of nitrogens with one attached hydrogen (secondary N) is 1. The minimum absolute atomic E-state index is 0.895. The van der Waals surface area contributed by atoms with E-state index in [1.807, 2.05) is 13.0 Å². The Hall–Kier alpha value is -1.38. The molecule has 0 aliphatic carbocycles. The topological polar surface area (TPSA) is 41.6 Å². The highest BCUT2D eigenvalue weighted by molar-refractivity contribution is 5.71. The van der Waals surface area contributed by atoms with Gasteiger partial charge < -0.3 is 4.98 Å². The molecular formula is C9H11N3. The number of aromatic amines is 1. The van der Waals surface area contributed by atoms with E-state index >= 15 is 0 Å². The summed E-state index contributed by atoms with van der Waals surface area (Å²) in [5.74, 6) is 0. The van der Waals surface area contributed by atoms with Gasteiger partial charge >= 0.3 is 0 Å². The van der Waals surface area contributed by atoms with Crippen LogP contribution in [0.3, 0.4) is 0 Å². The van der Waals surface area contributed by atoms with Crippen molar-refractivity contribution in [1.82, 2.24) is 15.0 Å². The van der Waals surface area contributed by atoms with Gasteiger partial charge in [-0.25, -0.2) is 4.98 Å². The Kier molecular flexibility index (Phi) is 1.57. The van der Waals surface area contributed by atoms with E-state index in [1.165, 1.54) is 5.69 Å². The lowest BCUT2D eigenvalue weighted by atomic mass is 10.3. The molecule has 0 atom stereocenters. The summed E-state index contributed by atoms with van der Waals surface area (Å²) in [5.41, 5.74) is 3.99. The van der Waals surface area contributed by atoms with E-state index in [0.717, 1.165) is 23.3 Å². The molecule has 2 aromatic rings. The first kappa shape index (κ1) is 7.28. The molecule has 0 saturated carbocycles. The van der Waals surface area contributed by atoms with Gasteiger partial charge in [0.15, 0.2) is 5.65 Å². The summed E-state index contributed by atoms with van der Waals surface area (Å²) in [4.78, 5) is 11.8. The van der Waals surface area contributed by atoms with Gasteiger partial charge in [0.25, 0.3) is 0 Å². The van der Waals surface area contributed by atoms with Gasteiger partial charge in [-0.1, -0.05) is 6.92 Å². The van der Waals surface area contributed by atoms with Crippen LogP contribution in [0.15, 0.2) is 12.3 Å². The Morgan fingerprint density at radius 1 is 1.50 bits per heavy atom. The maximum Gasteiger partial charge on any atom is 0.156 e. The van der Waals surface area contributed by atoms with Crippen molar-refractivity contribution in [2.24, 2.45) is 0 Å². The first-order valence-electron chi connectivity index (χ1n) is 4.11. The highest BCUT2D eigenvalue weighted by atomic mass is 14.9. The van der Waals surface area contributed by atoms with Crippen LogP contribution in [0.5, 0.6) is 0 Å². The van der Waals surface area contributed by atoms with Crippen molar-refractivity contribution in [2.75, 3.05) is 0 Å². The Morgan fingerprint density at radius 2 is 2.33 bits per heavy atom. The zero-order chi connectivity index (χ0) is 8.55. The fourth-order valence-corrected chi connectivity index (χ4v) is 1.23. The van der Waals surface area contributed by atoms with Gasteiger partial charge in [0, 0.05) is 11.9 Å². The van der Waals surface area contributed by atoms with Crippen LogP contribution in [0.2, 0.25) is 0 Å². The normalized spacial score (nSPS) is 10.8. The van der Waals surface area contributed by atoms with E-state index in [4.69, 9.17) is 0 Å². The van der Waals surface area contributed by atoms with E-state index < -0.39 is 0 Å². The summed E-state index contributed by atoms with van der Waals surface area (Å²) in [5, 5.41) is 0. The minimum Gasteiger partial charge on any atom is -0.342 e. The molecule has 3 heteroatoms. The van der Waals surface area contributed by atoms with Crippen LogP contribution in [0.1, 0.15) is 18.3 Å². The van der Waals surface area contributed by atoms with Crippen LogP contribution in [0.4, 0.5) is 0 Å². The van der Waals surface area contributed by atoms with Gasteiger partial charge in [-0.15, -0.1) is 0 Å². The molecule has 3 nitrogen and oxygen atoms in total. The van der Waals surface area contributed by atoms with Gasteiger partial charge in [0.1, 0.15) is 5.52 Å². The second-order valence-electron chi connectivity index (χ2n) is 2.89. The molecule has 2 aromatic heterocycles. The zero-order valence-corrected chi connectivity index (χ0v) is 7.26. The fraction of sp³-hybridized carbons (Fsp3) is 0.333. The number of H-pyrrole nitrogens is 1. The van der Waals surface area contributed by atoms with E-state index in [2.05, 4.69) is 21.9 Å². The zero-order valence-electron chi connectivity index (χ0n) is 7.26. The number of aromatic nitrogens is 3. The number of aryl methyl sites for hydroxylation is 2. The second-order valence-corrected chi connectivity index (χ2v) is 2.89. The van der Waals surface area contributed by atoms with Crippen LogP contribution in [0.25, 0.3) is 11.2 Å². The molecule has 0 aliphatic rings. The summed E-state index contributed by atoms with van der Waals surface area (Å²) in [6, 6.07) is 2.04. The number of fused-ring (bicyclic) bond motifs is 1. The number of nitrogens with zero attached hydrogens (tertiary/aromatic N) is 2. The SMILES string of the molecule is CCc1cc2ncc(C)nc2[nH]1. The molecule has 0 bridgehead atoms. The van der Waals surface area contributed by atoms with E-state index in [-0.39, 0.29) is 0 Å². The van der Waals surface area contributed by atoms with Crippen molar-refractivity contribution >= 4 is 11.2 Å². The summed E-state index contributed by atoms with van der Waals surface area (Å²) < 4.78 is 0. The molecule has 2 heterocycles. The second kappa shape index (κ2) is 2.59. The number of hydrogen-bond acceptors (Lipinski definition) is 2. The third kappa shape index (κ3) is 1.07. The van der Waals surface area contributed by atoms with Crippen molar-refractivity contribution < 1.29 is 0 Å². The van der Waals surface area contributed by atoms with Crippen LogP contribution in [0, 0.1) is 6.92 Å². The first-order valence-corrected chi connectivity index (χ1v) is 4.11. The summed E-state index contributed by atoms with van der Waals surface area (Å²) in [6.07, 6.45) is 2.78. The van der Waals surface area contributed by atoms with Crippen molar-refractivity contribution in [1.29, 1.82) is 0 Å². The van der Waals surface area contributed by atoms with E-state index in [9.17, 15) is 0 Å². The van der Waals surface area contributed by atoms with Crippen molar-refractivity contribution in [3.05, 3.63) is 23.7 Å². The smallest absolute Gasteiger partial charge is 0.156 e. The first-order chi connectivity index (χ1) is 5.79. The van der Waals surface area contributed by atoms with Gasteiger partial charge in [0.05, 0.1) is 5.69 Å². The van der Waals surface area contributed by atoms with Crippen molar-refractivity contribution in [3.8, 4) is 0 Å². The molecule has 0 aliphatic heterocycles. The maximum atomic E-state index is 4.33. The van der Waals surface area contributed by atoms with Crippen LogP contribution < -0.4 is 0 Å². The van der Waals surface area contributed by atoms with Crippen LogP contribution >= 0.6 is 0 Å². The fourth-order valence-electron chi connectivity index (χ4n) is 1.23. The van der Waals surface area contributed by atoms with Crippen molar-refractivity contribution in [3.63, 3.8) is 0 Å². The Balaban J connectivity index is 2.67. The molecule has 0 radical (unpaired) electrons. The predicted molar refractivity (Wildman–Crippen MR) is 48.0 cm³/mol. The minimum atomic E-state index is 0.895. The molecule has 0 aromatic carbocycles. The average Bonchev–Trinajstić information content (AvgIpc) is 2.46. The lowest BCUT2D eigenvalue weighted by molar-refractivity contribution is 1.06. The Morgan fingerprint density at radius 3 is 3.08 bits per heavy atom. The van der Waals surface area contributed by atoms with Crippen LogP contribution in [-0.4, -0.2) is 15.0 Å². The quantitative estimate of drug-likeness (QED) is 0.693. The van der Waals surface area contributed by atoms with E-state index in [1.54, 1.807) is 6.20 Å². The molecule has 1 N–H and O–H groups in total. The maximum absolute atomic E-state index is 4.33. The standard InChI is InChI=1S/C9H11N3/c1-3-7-4-8-9(12-7)11-6(2)5-10-8/h4-5H,3H2,1-2H3,(H,11,12). The average molecular weight is 161 g/mol. The summed E-state index contributed by atoms with van der Waals surface area (Å²) in [7, 11) is 0. The number of hydrogen-bond donors (Lipinski definition) is 1. The molecule has 2 rings (SSSR count). The highest BCUT2D eigenvalue weighted by Crippen LogP contribution is 2.10. The third-order valence-corrected chi connectivity index (χ3v) is 1.89.